The number of likely N-dealkylation sites (tertiary alicyclic amines) is 1. The maximum atomic E-state index is 13.3. The first kappa shape index (κ1) is 19.5. The van der Waals surface area contributed by atoms with Crippen LogP contribution in [0, 0.1) is 12.8 Å². The Hall–Kier alpha value is -2.77. The summed E-state index contributed by atoms with van der Waals surface area (Å²) < 4.78 is 11.3. The number of piperidine rings is 1. The fourth-order valence-electron chi connectivity index (χ4n) is 3.94. The van der Waals surface area contributed by atoms with Gasteiger partial charge < -0.3 is 19.7 Å². The number of amides is 2. The van der Waals surface area contributed by atoms with Crippen LogP contribution in [0.15, 0.2) is 42.7 Å². The summed E-state index contributed by atoms with van der Waals surface area (Å²) in [5, 5.41) is 2.92. The van der Waals surface area contributed by atoms with E-state index in [0.29, 0.717) is 43.1 Å². The molecule has 4 rings (SSSR count). The van der Waals surface area contributed by atoms with Gasteiger partial charge in [0.2, 0.25) is 0 Å². The minimum Gasteiger partial charge on any atom is -0.350 e. The van der Waals surface area contributed by atoms with E-state index in [4.69, 9.17) is 9.47 Å². The number of ether oxygens (including phenoxy) is 2. The molecule has 1 atom stereocenters. The van der Waals surface area contributed by atoms with E-state index in [9.17, 15) is 9.59 Å². The third-order valence-electron chi connectivity index (χ3n) is 5.46. The van der Waals surface area contributed by atoms with Gasteiger partial charge in [-0.3, -0.25) is 14.6 Å². The van der Waals surface area contributed by atoms with E-state index in [2.05, 4.69) is 10.3 Å². The Bertz CT molecular complexity index is 881. The molecule has 1 aromatic carbocycles. The normalized spacial score (nSPS) is 19.9. The first-order chi connectivity index (χ1) is 14.1. The highest BCUT2D eigenvalue weighted by Crippen LogP contribution is 2.28. The van der Waals surface area contributed by atoms with Gasteiger partial charge in [-0.25, -0.2) is 0 Å². The van der Waals surface area contributed by atoms with Crippen LogP contribution in [0.25, 0.3) is 0 Å². The van der Waals surface area contributed by atoms with Crippen LogP contribution in [-0.2, 0) is 9.47 Å². The van der Waals surface area contributed by atoms with Gasteiger partial charge in [0, 0.05) is 37.0 Å². The van der Waals surface area contributed by atoms with Crippen molar-refractivity contribution in [3.05, 3.63) is 59.4 Å². The number of nitrogens with one attached hydrogen (secondary N) is 1. The number of anilines is 1. The number of rotatable bonds is 4. The third-order valence-corrected chi connectivity index (χ3v) is 5.46. The fourth-order valence-corrected chi connectivity index (χ4v) is 3.94. The molecule has 2 fully saturated rings. The molecule has 1 aromatic heterocycles. The molecule has 0 bridgehead atoms. The van der Waals surface area contributed by atoms with Crippen LogP contribution in [0.4, 0.5) is 5.69 Å². The molecule has 3 heterocycles. The molecule has 152 valence electrons. The van der Waals surface area contributed by atoms with E-state index in [1.807, 2.05) is 24.0 Å². The van der Waals surface area contributed by atoms with Crippen molar-refractivity contribution >= 4 is 17.5 Å². The molecule has 2 aliphatic rings. The number of aryl methyl sites for hydroxylation is 1. The summed E-state index contributed by atoms with van der Waals surface area (Å²) in [5.41, 5.74) is 2.39. The third kappa shape index (κ3) is 4.31. The minimum atomic E-state index is -0.264. The van der Waals surface area contributed by atoms with Gasteiger partial charge in [-0.2, -0.15) is 0 Å². The van der Waals surface area contributed by atoms with Crippen LogP contribution in [0.3, 0.4) is 0 Å². The number of nitrogens with zero attached hydrogens (tertiary/aromatic N) is 2. The number of hydrogen-bond donors (Lipinski definition) is 1. The van der Waals surface area contributed by atoms with Gasteiger partial charge in [0.1, 0.15) is 0 Å². The quantitative estimate of drug-likeness (QED) is 0.861. The zero-order valence-corrected chi connectivity index (χ0v) is 16.5. The molecule has 0 aliphatic carbocycles. The van der Waals surface area contributed by atoms with Gasteiger partial charge >= 0.3 is 0 Å². The van der Waals surface area contributed by atoms with E-state index < -0.39 is 0 Å². The lowest BCUT2D eigenvalue weighted by molar-refractivity contribution is -0.0969. The van der Waals surface area contributed by atoms with Crippen LogP contribution in [0.1, 0.15) is 39.1 Å². The van der Waals surface area contributed by atoms with Gasteiger partial charge in [-0.15, -0.1) is 0 Å². The average Bonchev–Trinajstić information content (AvgIpc) is 3.30. The lowest BCUT2D eigenvalue weighted by Crippen LogP contribution is -2.44. The summed E-state index contributed by atoms with van der Waals surface area (Å²) in [6.45, 7) is 4.39. The standard InChI is InChI=1S/C22H25N3O4/c1-15-4-2-6-18(19(15)24-20(26)16-7-9-23-10-8-16)21(27)25-11-3-5-17(14-25)22-28-12-13-29-22/h2,4,6-10,17,22H,3,5,11-14H2,1H3,(H,24,26). The smallest absolute Gasteiger partial charge is 0.255 e. The summed E-state index contributed by atoms with van der Waals surface area (Å²) in [5.74, 6) is -0.170. The maximum Gasteiger partial charge on any atom is 0.255 e. The Morgan fingerprint density at radius 2 is 1.90 bits per heavy atom. The molecule has 2 aromatic rings. The summed E-state index contributed by atoms with van der Waals surface area (Å²) in [4.78, 5) is 31.8. The van der Waals surface area contributed by atoms with Crippen LogP contribution in [0.5, 0.6) is 0 Å². The zero-order chi connectivity index (χ0) is 20.2. The summed E-state index contributed by atoms with van der Waals surface area (Å²) in [6.07, 6.45) is 4.80. The van der Waals surface area contributed by atoms with Crippen molar-refractivity contribution in [2.45, 2.75) is 26.1 Å². The van der Waals surface area contributed by atoms with E-state index in [1.165, 1.54) is 0 Å². The first-order valence-corrected chi connectivity index (χ1v) is 9.97. The zero-order valence-electron chi connectivity index (χ0n) is 16.5. The molecule has 2 amide bonds. The number of pyridine rings is 1. The van der Waals surface area contributed by atoms with Crippen molar-refractivity contribution in [3.8, 4) is 0 Å². The van der Waals surface area contributed by atoms with Gasteiger partial charge in [0.25, 0.3) is 11.8 Å². The van der Waals surface area contributed by atoms with E-state index in [1.54, 1.807) is 30.6 Å². The highest BCUT2D eigenvalue weighted by Gasteiger charge is 2.33. The number of aromatic nitrogens is 1. The van der Waals surface area contributed by atoms with Crippen molar-refractivity contribution in [2.75, 3.05) is 31.6 Å². The number of carbonyl (C=O) groups is 2. The monoisotopic (exact) mass is 395 g/mol. The van der Waals surface area contributed by atoms with Crippen molar-refractivity contribution in [1.29, 1.82) is 0 Å². The largest absolute Gasteiger partial charge is 0.350 e. The van der Waals surface area contributed by atoms with Gasteiger partial charge in [-0.1, -0.05) is 12.1 Å². The average molecular weight is 395 g/mol. The second kappa shape index (κ2) is 8.71. The molecule has 7 nitrogen and oxygen atoms in total. The second-order valence-electron chi connectivity index (χ2n) is 7.45. The lowest BCUT2D eigenvalue weighted by Gasteiger charge is -2.35. The molecule has 1 N–H and O–H groups in total. The van der Waals surface area contributed by atoms with Crippen molar-refractivity contribution in [3.63, 3.8) is 0 Å². The molecule has 29 heavy (non-hydrogen) atoms. The predicted octanol–water partition coefficient (Wildman–Crippen LogP) is 2.87. The Balaban J connectivity index is 1.54. The highest BCUT2D eigenvalue weighted by molar-refractivity contribution is 6.09. The summed E-state index contributed by atoms with van der Waals surface area (Å²) in [7, 11) is 0. The Morgan fingerprint density at radius 3 is 2.66 bits per heavy atom. The summed E-state index contributed by atoms with van der Waals surface area (Å²) >= 11 is 0. The predicted molar refractivity (Wildman–Crippen MR) is 108 cm³/mol. The van der Waals surface area contributed by atoms with E-state index >= 15 is 0 Å². The van der Waals surface area contributed by atoms with Crippen molar-refractivity contribution in [1.82, 2.24) is 9.88 Å². The fraction of sp³-hybridized carbons (Fsp3) is 0.409. The van der Waals surface area contributed by atoms with Crippen LogP contribution >= 0.6 is 0 Å². The van der Waals surface area contributed by atoms with Crippen LogP contribution in [0.2, 0.25) is 0 Å². The van der Waals surface area contributed by atoms with Gasteiger partial charge in [-0.05, 0) is 43.5 Å². The number of para-hydroxylation sites is 1. The van der Waals surface area contributed by atoms with E-state index in [-0.39, 0.29) is 24.0 Å². The van der Waals surface area contributed by atoms with Crippen molar-refractivity contribution < 1.29 is 19.1 Å². The van der Waals surface area contributed by atoms with Gasteiger partial charge in [0.05, 0.1) is 24.5 Å². The molecule has 2 saturated heterocycles. The minimum absolute atomic E-state index is 0.0820. The van der Waals surface area contributed by atoms with Gasteiger partial charge in [0.15, 0.2) is 6.29 Å². The second-order valence-corrected chi connectivity index (χ2v) is 7.45. The first-order valence-electron chi connectivity index (χ1n) is 9.97. The highest BCUT2D eigenvalue weighted by atomic mass is 16.7. The summed E-state index contributed by atoms with van der Waals surface area (Å²) in [6, 6.07) is 8.79. The van der Waals surface area contributed by atoms with E-state index in [0.717, 1.165) is 18.4 Å². The Morgan fingerprint density at radius 1 is 1.14 bits per heavy atom. The van der Waals surface area contributed by atoms with Crippen molar-refractivity contribution in [2.24, 2.45) is 5.92 Å². The molecule has 1 unspecified atom stereocenters. The molecular formula is C22H25N3O4. The molecule has 0 spiro atoms. The Labute approximate surface area is 170 Å². The molecule has 2 aliphatic heterocycles. The number of carbonyl (C=O) groups excluding carboxylic acids is 2. The molecule has 0 radical (unpaired) electrons. The molecule has 7 heteroatoms. The Kier molecular flexibility index (Phi) is 5.87. The topological polar surface area (TPSA) is 80.8 Å². The SMILES string of the molecule is Cc1cccc(C(=O)N2CCCC(C3OCCO3)C2)c1NC(=O)c1ccncc1. The molecular weight excluding hydrogens is 370 g/mol. The van der Waals surface area contributed by atoms with Crippen LogP contribution < -0.4 is 5.32 Å². The molecule has 0 saturated carbocycles. The lowest BCUT2D eigenvalue weighted by atomic mass is 9.96. The van der Waals surface area contributed by atoms with Crippen LogP contribution in [-0.4, -0.2) is 54.3 Å². The maximum absolute atomic E-state index is 13.3. The number of hydrogen-bond acceptors (Lipinski definition) is 5. The number of benzene rings is 1.